The Morgan fingerprint density at radius 1 is 1.25 bits per heavy atom. The van der Waals surface area contributed by atoms with Gasteiger partial charge in [-0.3, -0.25) is 9.59 Å². The number of fused-ring (bicyclic) bond motifs is 1. The quantitative estimate of drug-likeness (QED) is 0.670. The zero-order valence-electron chi connectivity index (χ0n) is 14.0. The zero-order chi connectivity index (χ0) is 17.3. The molecule has 2 N–H and O–H groups in total. The number of para-hydroxylation sites is 1. The van der Waals surface area contributed by atoms with Crippen LogP contribution in [0.1, 0.15) is 34.5 Å². The smallest absolute Gasteiger partial charge is 0.305 e. The van der Waals surface area contributed by atoms with Crippen LogP contribution in [0.15, 0.2) is 24.3 Å². The van der Waals surface area contributed by atoms with Crippen LogP contribution in [0.4, 0.5) is 5.69 Å². The molecule has 0 spiro atoms. The highest BCUT2D eigenvalue weighted by Crippen LogP contribution is 2.33. The minimum Gasteiger partial charge on any atom is -0.469 e. The molecule has 1 aromatic heterocycles. The molecule has 1 aromatic carbocycles. The second-order valence-corrected chi connectivity index (χ2v) is 5.90. The van der Waals surface area contributed by atoms with Crippen molar-refractivity contribution in [3.05, 3.63) is 52.3 Å². The molecule has 5 nitrogen and oxygen atoms in total. The van der Waals surface area contributed by atoms with Crippen LogP contribution in [0.2, 0.25) is 0 Å². The normalized spacial score (nSPS) is 14.6. The molecule has 0 radical (unpaired) electrons. The van der Waals surface area contributed by atoms with Crippen molar-refractivity contribution in [1.82, 2.24) is 4.98 Å². The standard InChI is InChI=1S/C19H20N2O3/c1-11-13(8-9-18(22)24-3)12(2)20-17(11)10-15-14-6-4-5-7-16(14)21-19(15)23/h4-7,10,20H,8-9H2,1-3H3,(H,21,23)/b15-10-. The average molecular weight is 324 g/mol. The number of hydrogen-bond donors (Lipinski definition) is 2. The van der Waals surface area contributed by atoms with Gasteiger partial charge in [-0.05, 0) is 43.5 Å². The van der Waals surface area contributed by atoms with E-state index in [1.807, 2.05) is 44.2 Å². The van der Waals surface area contributed by atoms with Gasteiger partial charge in [-0.2, -0.15) is 0 Å². The summed E-state index contributed by atoms with van der Waals surface area (Å²) in [6.45, 7) is 3.98. The van der Waals surface area contributed by atoms with Crippen LogP contribution in [0, 0.1) is 13.8 Å². The number of aryl methyl sites for hydroxylation is 1. The number of hydrogen-bond acceptors (Lipinski definition) is 3. The number of H-pyrrole nitrogens is 1. The van der Waals surface area contributed by atoms with Crippen molar-refractivity contribution in [2.45, 2.75) is 26.7 Å². The van der Waals surface area contributed by atoms with Crippen molar-refractivity contribution in [2.75, 3.05) is 12.4 Å². The zero-order valence-corrected chi connectivity index (χ0v) is 14.0. The maximum Gasteiger partial charge on any atom is 0.305 e. The molecule has 0 unspecified atom stereocenters. The number of ether oxygens (including phenoxy) is 1. The molecule has 1 aliphatic rings. The lowest BCUT2D eigenvalue weighted by molar-refractivity contribution is -0.140. The van der Waals surface area contributed by atoms with Crippen LogP contribution in [0.3, 0.4) is 0 Å². The lowest BCUT2D eigenvalue weighted by Crippen LogP contribution is -2.03. The Kier molecular flexibility index (Phi) is 4.25. The number of amides is 1. The summed E-state index contributed by atoms with van der Waals surface area (Å²) in [7, 11) is 1.39. The number of rotatable bonds is 4. The number of benzene rings is 1. The summed E-state index contributed by atoms with van der Waals surface area (Å²) in [5.74, 6) is -0.321. The van der Waals surface area contributed by atoms with Crippen molar-refractivity contribution in [3.8, 4) is 0 Å². The highest BCUT2D eigenvalue weighted by atomic mass is 16.5. The fraction of sp³-hybridized carbons (Fsp3) is 0.263. The monoisotopic (exact) mass is 324 g/mol. The highest BCUT2D eigenvalue weighted by molar-refractivity contribution is 6.34. The predicted molar refractivity (Wildman–Crippen MR) is 93.5 cm³/mol. The molecule has 3 rings (SSSR count). The van der Waals surface area contributed by atoms with Gasteiger partial charge in [-0.25, -0.2) is 0 Å². The van der Waals surface area contributed by atoms with E-state index in [4.69, 9.17) is 4.74 Å². The summed E-state index contributed by atoms with van der Waals surface area (Å²) in [5, 5.41) is 2.87. The molecule has 0 fully saturated rings. The van der Waals surface area contributed by atoms with Gasteiger partial charge in [0.25, 0.3) is 5.91 Å². The van der Waals surface area contributed by atoms with Crippen LogP contribution in [0.25, 0.3) is 11.6 Å². The van der Waals surface area contributed by atoms with Crippen LogP contribution in [-0.2, 0) is 20.7 Å². The van der Waals surface area contributed by atoms with Crippen LogP contribution in [-0.4, -0.2) is 24.0 Å². The summed E-state index contributed by atoms with van der Waals surface area (Å²) in [6, 6.07) is 7.64. The summed E-state index contributed by atoms with van der Waals surface area (Å²) in [6.07, 6.45) is 2.84. The van der Waals surface area contributed by atoms with Crippen LogP contribution < -0.4 is 5.32 Å². The van der Waals surface area contributed by atoms with Gasteiger partial charge in [0, 0.05) is 29.1 Å². The second-order valence-electron chi connectivity index (χ2n) is 5.90. The van der Waals surface area contributed by atoms with E-state index in [9.17, 15) is 9.59 Å². The molecule has 124 valence electrons. The van der Waals surface area contributed by atoms with Gasteiger partial charge in [0.05, 0.1) is 12.7 Å². The first kappa shape index (κ1) is 16.1. The van der Waals surface area contributed by atoms with E-state index < -0.39 is 0 Å². The molecule has 0 saturated carbocycles. The Labute approximate surface area is 140 Å². The van der Waals surface area contributed by atoms with Gasteiger partial charge < -0.3 is 15.0 Å². The number of anilines is 1. The minimum atomic E-state index is -0.223. The van der Waals surface area contributed by atoms with E-state index in [0.717, 1.165) is 33.8 Å². The third-order valence-electron chi connectivity index (χ3n) is 4.44. The Balaban J connectivity index is 1.94. The van der Waals surface area contributed by atoms with E-state index in [1.165, 1.54) is 7.11 Å². The Hall–Kier alpha value is -2.82. The Bertz CT molecular complexity index is 846. The number of aromatic amines is 1. The average Bonchev–Trinajstić information content (AvgIpc) is 3.03. The van der Waals surface area contributed by atoms with Crippen molar-refractivity contribution in [2.24, 2.45) is 0 Å². The SMILES string of the molecule is COC(=O)CCc1c(C)[nH]c(/C=C2\C(=O)Nc3ccccc32)c1C. The first-order valence-corrected chi connectivity index (χ1v) is 7.88. The molecule has 0 aliphatic carbocycles. The number of carbonyl (C=O) groups is 2. The van der Waals surface area contributed by atoms with Crippen LogP contribution >= 0.6 is 0 Å². The molecule has 2 heterocycles. The minimum absolute atomic E-state index is 0.0982. The van der Waals surface area contributed by atoms with Gasteiger partial charge in [-0.15, -0.1) is 0 Å². The largest absolute Gasteiger partial charge is 0.469 e. The molecule has 1 aliphatic heterocycles. The van der Waals surface area contributed by atoms with Crippen LogP contribution in [0.5, 0.6) is 0 Å². The molecular formula is C19H20N2O3. The van der Waals surface area contributed by atoms with Gasteiger partial charge in [0.15, 0.2) is 0 Å². The maximum atomic E-state index is 12.2. The summed E-state index contributed by atoms with van der Waals surface area (Å²) < 4.78 is 4.71. The number of aromatic nitrogens is 1. The lowest BCUT2D eigenvalue weighted by Gasteiger charge is -2.02. The third kappa shape index (κ3) is 2.85. The molecule has 0 bridgehead atoms. The maximum absolute atomic E-state index is 12.2. The molecule has 0 saturated heterocycles. The first-order valence-electron chi connectivity index (χ1n) is 7.88. The van der Waals surface area contributed by atoms with Crippen molar-refractivity contribution >= 4 is 29.2 Å². The molecule has 2 aromatic rings. The van der Waals surface area contributed by atoms with Crippen molar-refractivity contribution < 1.29 is 14.3 Å². The summed E-state index contributed by atoms with van der Waals surface area (Å²) >= 11 is 0. The fourth-order valence-electron chi connectivity index (χ4n) is 3.09. The number of methoxy groups -OCH3 is 1. The fourth-order valence-corrected chi connectivity index (χ4v) is 3.09. The van der Waals surface area contributed by atoms with E-state index in [2.05, 4.69) is 10.3 Å². The number of esters is 1. The van der Waals surface area contributed by atoms with Gasteiger partial charge >= 0.3 is 5.97 Å². The van der Waals surface area contributed by atoms with E-state index in [-0.39, 0.29) is 11.9 Å². The van der Waals surface area contributed by atoms with E-state index in [0.29, 0.717) is 18.4 Å². The van der Waals surface area contributed by atoms with Gasteiger partial charge in [0.2, 0.25) is 0 Å². The summed E-state index contributed by atoms with van der Waals surface area (Å²) in [5.41, 5.74) is 6.45. The molecular weight excluding hydrogens is 304 g/mol. The molecule has 24 heavy (non-hydrogen) atoms. The topological polar surface area (TPSA) is 71.2 Å². The Morgan fingerprint density at radius 2 is 2.00 bits per heavy atom. The highest BCUT2D eigenvalue weighted by Gasteiger charge is 2.24. The van der Waals surface area contributed by atoms with E-state index >= 15 is 0 Å². The van der Waals surface area contributed by atoms with Gasteiger partial charge in [0.1, 0.15) is 0 Å². The number of carbonyl (C=O) groups excluding carboxylic acids is 2. The lowest BCUT2D eigenvalue weighted by atomic mass is 10.0. The van der Waals surface area contributed by atoms with Crippen molar-refractivity contribution in [3.63, 3.8) is 0 Å². The number of nitrogens with one attached hydrogen (secondary N) is 2. The van der Waals surface area contributed by atoms with Gasteiger partial charge in [-0.1, -0.05) is 18.2 Å². The molecule has 1 amide bonds. The second kappa shape index (κ2) is 6.35. The first-order chi connectivity index (χ1) is 11.5. The molecule has 0 atom stereocenters. The summed E-state index contributed by atoms with van der Waals surface area (Å²) in [4.78, 5) is 26.9. The Morgan fingerprint density at radius 3 is 2.75 bits per heavy atom. The molecule has 5 heteroatoms. The third-order valence-corrected chi connectivity index (χ3v) is 4.44. The van der Waals surface area contributed by atoms with Crippen molar-refractivity contribution in [1.29, 1.82) is 0 Å². The predicted octanol–water partition coefficient (Wildman–Crippen LogP) is 3.23. The van der Waals surface area contributed by atoms with E-state index in [1.54, 1.807) is 0 Å².